The van der Waals surface area contributed by atoms with Gasteiger partial charge in [-0.05, 0) is 6.92 Å². The number of nitrogens with one attached hydrogen (secondary N) is 1. The number of aliphatic hydroxyl groups excluding tert-OH is 1. The van der Waals surface area contributed by atoms with Crippen LogP contribution >= 0.6 is 0 Å². The minimum atomic E-state index is -1.50. The fourth-order valence-electron chi connectivity index (χ4n) is 0.369. The number of hydrogen-bond acceptors (Lipinski definition) is 4. The third kappa shape index (κ3) is 8.90. The number of aliphatic hydroxyl groups is 2. The molecule has 0 aromatic carbocycles. The van der Waals surface area contributed by atoms with Crippen LogP contribution in [0.5, 0.6) is 0 Å². The van der Waals surface area contributed by atoms with Gasteiger partial charge in [0.25, 0.3) is 0 Å². The largest absolute Gasteiger partial charge is 1.00 e. The molecule has 11 heavy (non-hydrogen) atoms. The van der Waals surface area contributed by atoms with E-state index in [4.69, 9.17) is 15.3 Å². The second-order valence-corrected chi connectivity index (χ2v) is 1.95. The zero-order valence-corrected chi connectivity index (χ0v) is 9.73. The first-order valence-electron chi connectivity index (χ1n) is 2.86. The molecule has 6 heteroatoms. The summed E-state index contributed by atoms with van der Waals surface area (Å²) >= 11 is 0. The number of rotatable bonds is 4. The molecule has 1 unspecified atom stereocenters. The van der Waals surface area contributed by atoms with E-state index in [2.05, 4.69) is 5.32 Å². The van der Waals surface area contributed by atoms with Crippen molar-refractivity contribution in [2.75, 3.05) is 6.54 Å². The van der Waals surface area contributed by atoms with Crippen molar-refractivity contribution in [1.29, 1.82) is 0 Å². The van der Waals surface area contributed by atoms with Crippen molar-refractivity contribution < 1.29 is 72.9 Å². The molecule has 62 valence electrons. The molecular weight excluding hydrogens is 177 g/mol. The van der Waals surface area contributed by atoms with Crippen molar-refractivity contribution in [3.8, 4) is 0 Å². The number of carboxylic acids is 1. The molecule has 4 N–H and O–H groups in total. The summed E-state index contributed by atoms with van der Waals surface area (Å²) in [5.74, 6) is -1.01. The van der Waals surface area contributed by atoms with Crippen LogP contribution in [-0.4, -0.2) is 40.2 Å². The van der Waals surface area contributed by atoms with E-state index in [-0.39, 0.29) is 59.4 Å². The van der Waals surface area contributed by atoms with Crippen LogP contribution in [0.25, 0.3) is 0 Å². The van der Waals surface area contributed by atoms with Gasteiger partial charge < -0.3 is 16.7 Å². The molecule has 0 radical (unpaired) electrons. The third-order valence-electron chi connectivity index (χ3n) is 0.977. The van der Waals surface area contributed by atoms with Gasteiger partial charge in [-0.1, -0.05) is 0 Å². The summed E-state index contributed by atoms with van der Waals surface area (Å²) in [6, 6.07) is -0.748. The van der Waals surface area contributed by atoms with E-state index in [0.717, 1.165) is 0 Å². The van der Waals surface area contributed by atoms with Crippen molar-refractivity contribution in [1.82, 2.24) is 5.32 Å². The molecule has 0 amide bonds. The zero-order chi connectivity index (χ0) is 8.15. The maximum absolute atomic E-state index is 10.1. The number of aliphatic carboxylic acids is 1. The first-order chi connectivity index (χ1) is 4.54. The van der Waals surface area contributed by atoms with Gasteiger partial charge in [0.05, 0.1) is 0 Å². The van der Waals surface area contributed by atoms with Crippen LogP contribution in [0.2, 0.25) is 0 Å². The molecule has 0 heterocycles. The molecule has 0 aliphatic heterocycles. The summed E-state index contributed by atoms with van der Waals surface area (Å²) in [5, 5.41) is 27.2. The average Bonchev–Trinajstić information content (AvgIpc) is 1.82. The van der Waals surface area contributed by atoms with Crippen LogP contribution in [0.1, 0.15) is 8.35 Å². The van der Waals surface area contributed by atoms with Gasteiger partial charge in [0.2, 0.25) is 0 Å². The zero-order valence-electron chi connectivity index (χ0n) is 7.61. The maximum atomic E-state index is 10.1. The average molecular weight is 189 g/mol. The van der Waals surface area contributed by atoms with Gasteiger partial charge in [-0.25, -0.2) is 0 Å². The Hall–Kier alpha value is 0.986. The maximum Gasteiger partial charge on any atom is 1.00 e. The molecule has 5 nitrogen and oxygen atoms in total. The second kappa shape index (κ2) is 7.63. The van der Waals surface area contributed by atoms with E-state index in [1.165, 1.54) is 6.92 Å². The fraction of sp³-hybridized carbons (Fsp3) is 0.800. The fourth-order valence-corrected chi connectivity index (χ4v) is 0.369. The molecule has 0 rings (SSSR count). The summed E-state index contributed by atoms with van der Waals surface area (Å²) in [4.78, 5) is 10.1. The standard InChI is InChI=1S/C5H11NO4.K.H/c1-3(5(9)10)6-2-4(7)8;;/h3-4,6-8H,2H2,1H3,(H,9,10);;/q;+1;-1. The van der Waals surface area contributed by atoms with Crippen LogP contribution in [0.3, 0.4) is 0 Å². The molecule has 0 bridgehead atoms. The minimum absolute atomic E-state index is 0. The summed E-state index contributed by atoms with van der Waals surface area (Å²) < 4.78 is 0. The summed E-state index contributed by atoms with van der Waals surface area (Å²) in [6.45, 7) is 1.29. The van der Waals surface area contributed by atoms with Gasteiger partial charge in [-0.2, -0.15) is 0 Å². The van der Waals surface area contributed by atoms with Gasteiger partial charge in [0.1, 0.15) is 6.04 Å². The van der Waals surface area contributed by atoms with Crippen molar-refractivity contribution in [3.63, 3.8) is 0 Å². The van der Waals surface area contributed by atoms with Crippen LogP contribution in [0, 0.1) is 0 Å². The van der Waals surface area contributed by atoms with Crippen LogP contribution in [-0.2, 0) is 4.79 Å². The van der Waals surface area contributed by atoms with Crippen molar-refractivity contribution in [2.24, 2.45) is 0 Å². The Morgan fingerprint density at radius 1 is 1.64 bits per heavy atom. The number of hydrogen-bond donors (Lipinski definition) is 4. The van der Waals surface area contributed by atoms with Crippen molar-refractivity contribution in [2.45, 2.75) is 19.3 Å². The molecular formula is C5H12KNO4. The van der Waals surface area contributed by atoms with Crippen LogP contribution < -0.4 is 56.7 Å². The van der Waals surface area contributed by atoms with Gasteiger partial charge in [0.15, 0.2) is 6.29 Å². The third-order valence-corrected chi connectivity index (χ3v) is 0.977. The predicted octanol–water partition coefficient (Wildman–Crippen LogP) is -4.52. The topological polar surface area (TPSA) is 89.8 Å². The Bertz CT molecular complexity index is 124. The summed E-state index contributed by atoms with van der Waals surface area (Å²) in [6.07, 6.45) is -1.50. The molecule has 0 aromatic rings. The van der Waals surface area contributed by atoms with Crippen LogP contribution in [0.15, 0.2) is 0 Å². The normalized spacial score (nSPS) is 12.4. The smallest absolute Gasteiger partial charge is 1.00 e. The molecule has 0 aliphatic rings. The SMILES string of the molecule is CC(NCC(O)O)C(=O)O.[H-].[K+]. The molecule has 1 atom stereocenters. The Balaban J connectivity index is -0.000000405. The summed E-state index contributed by atoms with van der Waals surface area (Å²) in [5.41, 5.74) is 0. The molecule has 0 aromatic heterocycles. The molecule has 0 saturated heterocycles. The van der Waals surface area contributed by atoms with Gasteiger partial charge in [-0.3, -0.25) is 10.1 Å². The Morgan fingerprint density at radius 3 is 2.36 bits per heavy atom. The number of carboxylic acid groups (broad SMARTS) is 1. The Labute approximate surface area is 109 Å². The van der Waals surface area contributed by atoms with E-state index < -0.39 is 18.3 Å². The molecule has 0 aliphatic carbocycles. The van der Waals surface area contributed by atoms with Crippen molar-refractivity contribution in [3.05, 3.63) is 0 Å². The molecule has 0 saturated carbocycles. The monoisotopic (exact) mass is 189 g/mol. The van der Waals surface area contributed by atoms with E-state index in [9.17, 15) is 4.79 Å². The van der Waals surface area contributed by atoms with E-state index in [0.29, 0.717) is 0 Å². The van der Waals surface area contributed by atoms with E-state index in [1.807, 2.05) is 0 Å². The van der Waals surface area contributed by atoms with E-state index >= 15 is 0 Å². The van der Waals surface area contributed by atoms with Crippen molar-refractivity contribution >= 4 is 5.97 Å². The van der Waals surface area contributed by atoms with Gasteiger partial charge in [-0.15, -0.1) is 0 Å². The number of carbonyl (C=O) groups is 1. The predicted molar refractivity (Wildman–Crippen MR) is 34.4 cm³/mol. The Morgan fingerprint density at radius 2 is 2.09 bits per heavy atom. The Kier molecular flexibility index (Phi) is 10.1. The van der Waals surface area contributed by atoms with E-state index in [1.54, 1.807) is 0 Å². The first-order valence-corrected chi connectivity index (χ1v) is 2.86. The summed E-state index contributed by atoms with van der Waals surface area (Å²) in [7, 11) is 0. The first kappa shape index (κ1) is 14.5. The molecule has 0 fully saturated rings. The van der Waals surface area contributed by atoms with Gasteiger partial charge in [0, 0.05) is 6.54 Å². The second-order valence-electron chi connectivity index (χ2n) is 1.95. The minimum Gasteiger partial charge on any atom is -1.00 e. The molecule has 0 spiro atoms. The quantitative estimate of drug-likeness (QED) is 0.264. The van der Waals surface area contributed by atoms with Crippen LogP contribution in [0.4, 0.5) is 0 Å². The van der Waals surface area contributed by atoms with Gasteiger partial charge >= 0.3 is 57.4 Å².